The van der Waals surface area contributed by atoms with Gasteiger partial charge in [-0.1, -0.05) is 0 Å². The molecule has 2 aromatic rings. The number of nitrogens with zero attached hydrogens (tertiary/aromatic N) is 1. The van der Waals surface area contributed by atoms with Crippen molar-refractivity contribution in [2.75, 3.05) is 5.88 Å². The molecule has 1 aromatic carbocycles. The molecular formula is C13H13ClFNO. The molecule has 4 heteroatoms. The maximum Gasteiger partial charge on any atom is 0.194 e. The summed E-state index contributed by atoms with van der Waals surface area (Å²) in [6.45, 7) is 1.73. The van der Waals surface area contributed by atoms with Gasteiger partial charge in [0.1, 0.15) is 5.82 Å². The SMILES string of the molecule is Cc1cc(-c2cnc(CCCCl)o2)ccc1F. The number of aryl methyl sites for hydroxylation is 2. The fraction of sp³-hybridized carbons (Fsp3) is 0.308. The molecule has 90 valence electrons. The van der Waals surface area contributed by atoms with E-state index in [1.807, 2.05) is 0 Å². The predicted octanol–water partition coefficient (Wildman–Crippen LogP) is 3.96. The first kappa shape index (κ1) is 12.1. The monoisotopic (exact) mass is 253 g/mol. The van der Waals surface area contributed by atoms with E-state index in [4.69, 9.17) is 16.0 Å². The summed E-state index contributed by atoms with van der Waals surface area (Å²) in [5, 5.41) is 0. The minimum atomic E-state index is -0.212. The van der Waals surface area contributed by atoms with Crippen molar-refractivity contribution in [1.82, 2.24) is 4.98 Å². The van der Waals surface area contributed by atoms with Crippen molar-refractivity contribution in [3.8, 4) is 11.3 Å². The Balaban J connectivity index is 2.21. The molecule has 0 atom stereocenters. The molecule has 0 saturated carbocycles. The summed E-state index contributed by atoms with van der Waals surface area (Å²) in [6.07, 6.45) is 3.23. The van der Waals surface area contributed by atoms with Crippen LogP contribution < -0.4 is 0 Å². The van der Waals surface area contributed by atoms with Crippen LogP contribution in [0.25, 0.3) is 11.3 Å². The van der Waals surface area contributed by atoms with Gasteiger partial charge in [0.15, 0.2) is 11.7 Å². The lowest BCUT2D eigenvalue weighted by Crippen LogP contribution is -1.85. The highest BCUT2D eigenvalue weighted by Crippen LogP contribution is 2.23. The third-order valence-electron chi connectivity index (χ3n) is 2.52. The molecule has 0 spiro atoms. The molecule has 0 N–H and O–H groups in total. The fourth-order valence-corrected chi connectivity index (χ4v) is 1.71. The number of benzene rings is 1. The number of oxazole rings is 1. The van der Waals surface area contributed by atoms with Crippen molar-refractivity contribution in [2.45, 2.75) is 19.8 Å². The smallest absolute Gasteiger partial charge is 0.194 e. The van der Waals surface area contributed by atoms with Gasteiger partial charge in [0.05, 0.1) is 6.20 Å². The Morgan fingerprint density at radius 1 is 1.41 bits per heavy atom. The standard InChI is InChI=1S/C13H13ClFNO/c1-9-7-10(4-5-11(9)15)12-8-16-13(17-12)3-2-6-14/h4-5,7-8H,2-3,6H2,1H3. The summed E-state index contributed by atoms with van der Waals surface area (Å²) in [4.78, 5) is 4.16. The normalized spacial score (nSPS) is 10.8. The number of halogens is 2. The van der Waals surface area contributed by atoms with Gasteiger partial charge in [0.25, 0.3) is 0 Å². The van der Waals surface area contributed by atoms with Gasteiger partial charge in [-0.3, -0.25) is 0 Å². The first-order valence-electron chi connectivity index (χ1n) is 5.48. The van der Waals surface area contributed by atoms with E-state index >= 15 is 0 Å². The molecule has 0 saturated heterocycles. The lowest BCUT2D eigenvalue weighted by molar-refractivity contribution is 0.503. The van der Waals surface area contributed by atoms with Crippen LogP contribution >= 0.6 is 11.6 Å². The van der Waals surface area contributed by atoms with Gasteiger partial charge in [-0.25, -0.2) is 9.37 Å². The lowest BCUT2D eigenvalue weighted by Gasteiger charge is -1.99. The maximum atomic E-state index is 13.1. The molecule has 2 nitrogen and oxygen atoms in total. The summed E-state index contributed by atoms with van der Waals surface area (Å²) < 4.78 is 18.7. The van der Waals surface area contributed by atoms with Gasteiger partial charge in [0.2, 0.25) is 0 Å². The molecule has 0 radical (unpaired) electrons. The summed E-state index contributed by atoms with van der Waals surface area (Å²) in [5.74, 6) is 1.71. The Morgan fingerprint density at radius 3 is 2.94 bits per heavy atom. The molecule has 0 aliphatic heterocycles. The van der Waals surface area contributed by atoms with Gasteiger partial charge in [-0.05, 0) is 37.1 Å². The van der Waals surface area contributed by atoms with E-state index in [9.17, 15) is 4.39 Å². The van der Waals surface area contributed by atoms with E-state index in [-0.39, 0.29) is 5.82 Å². The van der Waals surface area contributed by atoms with Crippen molar-refractivity contribution in [1.29, 1.82) is 0 Å². The molecule has 0 unspecified atom stereocenters. The van der Waals surface area contributed by atoms with Gasteiger partial charge in [-0.15, -0.1) is 11.6 Å². The van der Waals surface area contributed by atoms with Crippen LogP contribution in [-0.2, 0) is 6.42 Å². The lowest BCUT2D eigenvalue weighted by atomic mass is 10.1. The minimum Gasteiger partial charge on any atom is -0.441 e. The Kier molecular flexibility index (Phi) is 3.79. The summed E-state index contributed by atoms with van der Waals surface area (Å²) in [5.41, 5.74) is 1.44. The number of alkyl halides is 1. The largest absolute Gasteiger partial charge is 0.441 e. The topological polar surface area (TPSA) is 26.0 Å². The Hall–Kier alpha value is -1.35. The second-order valence-corrected chi connectivity index (χ2v) is 4.25. The number of rotatable bonds is 4. The van der Waals surface area contributed by atoms with Crippen LogP contribution in [0.15, 0.2) is 28.8 Å². The summed E-state index contributed by atoms with van der Waals surface area (Å²) in [7, 11) is 0. The third kappa shape index (κ3) is 2.86. The fourth-order valence-electron chi connectivity index (χ4n) is 1.58. The molecular weight excluding hydrogens is 241 g/mol. The number of hydrogen-bond acceptors (Lipinski definition) is 2. The van der Waals surface area contributed by atoms with Crippen LogP contribution in [0.4, 0.5) is 4.39 Å². The van der Waals surface area contributed by atoms with Gasteiger partial charge >= 0.3 is 0 Å². The summed E-state index contributed by atoms with van der Waals surface area (Å²) in [6, 6.07) is 4.88. The van der Waals surface area contributed by atoms with E-state index in [1.54, 1.807) is 25.3 Å². The molecule has 2 rings (SSSR count). The van der Waals surface area contributed by atoms with E-state index < -0.39 is 0 Å². The van der Waals surface area contributed by atoms with Crippen LogP contribution in [0.5, 0.6) is 0 Å². The molecule has 0 bridgehead atoms. The van der Waals surface area contributed by atoms with Gasteiger partial charge in [0, 0.05) is 17.9 Å². The highest BCUT2D eigenvalue weighted by molar-refractivity contribution is 6.17. The zero-order valence-corrected chi connectivity index (χ0v) is 10.3. The zero-order chi connectivity index (χ0) is 12.3. The van der Waals surface area contributed by atoms with Crippen LogP contribution in [0.1, 0.15) is 17.9 Å². The van der Waals surface area contributed by atoms with E-state index in [1.165, 1.54) is 6.07 Å². The predicted molar refractivity (Wildman–Crippen MR) is 65.7 cm³/mol. The molecule has 0 fully saturated rings. The highest BCUT2D eigenvalue weighted by atomic mass is 35.5. The first-order chi connectivity index (χ1) is 8.20. The number of aromatic nitrogens is 1. The van der Waals surface area contributed by atoms with Crippen LogP contribution in [0.3, 0.4) is 0 Å². The molecule has 0 aliphatic carbocycles. The van der Waals surface area contributed by atoms with E-state index in [2.05, 4.69) is 4.98 Å². The third-order valence-corrected chi connectivity index (χ3v) is 2.79. The Bertz CT molecular complexity index is 510. The maximum absolute atomic E-state index is 13.1. The molecule has 1 aromatic heterocycles. The second kappa shape index (κ2) is 5.32. The van der Waals surface area contributed by atoms with Crippen molar-refractivity contribution in [3.63, 3.8) is 0 Å². The molecule has 17 heavy (non-hydrogen) atoms. The highest BCUT2D eigenvalue weighted by Gasteiger charge is 2.07. The van der Waals surface area contributed by atoms with Crippen LogP contribution in [0.2, 0.25) is 0 Å². The molecule has 1 heterocycles. The van der Waals surface area contributed by atoms with Crippen LogP contribution in [-0.4, -0.2) is 10.9 Å². The summed E-state index contributed by atoms with van der Waals surface area (Å²) >= 11 is 5.60. The van der Waals surface area contributed by atoms with Gasteiger partial charge in [-0.2, -0.15) is 0 Å². The average Bonchev–Trinajstić information content (AvgIpc) is 2.79. The Morgan fingerprint density at radius 2 is 2.24 bits per heavy atom. The quantitative estimate of drug-likeness (QED) is 0.771. The Labute approximate surface area is 104 Å². The molecule has 0 aliphatic rings. The number of hydrogen-bond donors (Lipinski definition) is 0. The average molecular weight is 254 g/mol. The van der Waals surface area contributed by atoms with Crippen molar-refractivity contribution in [3.05, 3.63) is 41.7 Å². The van der Waals surface area contributed by atoms with E-state index in [0.717, 1.165) is 18.4 Å². The first-order valence-corrected chi connectivity index (χ1v) is 6.01. The zero-order valence-electron chi connectivity index (χ0n) is 9.54. The van der Waals surface area contributed by atoms with E-state index in [0.29, 0.717) is 23.1 Å². The second-order valence-electron chi connectivity index (χ2n) is 3.87. The van der Waals surface area contributed by atoms with Crippen molar-refractivity contribution < 1.29 is 8.81 Å². The van der Waals surface area contributed by atoms with Crippen molar-refractivity contribution in [2.24, 2.45) is 0 Å². The van der Waals surface area contributed by atoms with Crippen molar-refractivity contribution >= 4 is 11.6 Å². The molecule has 0 amide bonds. The van der Waals surface area contributed by atoms with Gasteiger partial charge < -0.3 is 4.42 Å². The minimum absolute atomic E-state index is 0.212. The van der Waals surface area contributed by atoms with Crippen LogP contribution in [0, 0.1) is 12.7 Å².